The van der Waals surface area contributed by atoms with E-state index in [-0.39, 0.29) is 11.5 Å². The molecule has 0 saturated carbocycles. The van der Waals surface area contributed by atoms with Crippen LogP contribution in [0.1, 0.15) is 37.0 Å². The molecular weight excluding hydrogens is 226 g/mol. The molecule has 1 rings (SSSR count). The van der Waals surface area contributed by atoms with Gasteiger partial charge in [-0.15, -0.1) is 0 Å². The third kappa shape index (κ3) is 3.33. The van der Waals surface area contributed by atoms with E-state index in [0.717, 1.165) is 12.1 Å². The highest BCUT2D eigenvalue weighted by Gasteiger charge is 2.29. The minimum absolute atomic E-state index is 0.198. The Labute approximate surface area is 110 Å². The van der Waals surface area contributed by atoms with Gasteiger partial charge in [-0.05, 0) is 44.0 Å². The van der Waals surface area contributed by atoms with Gasteiger partial charge in [-0.1, -0.05) is 25.1 Å². The van der Waals surface area contributed by atoms with Gasteiger partial charge in [0.2, 0.25) is 0 Å². The van der Waals surface area contributed by atoms with E-state index >= 15 is 0 Å². The number of carbonyl (C=O) groups is 1. The van der Waals surface area contributed by atoms with Crippen molar-refractivity contribution >= 4 is 5.97 Å². The van der Waals surface area contributed by atoms with Crippen LogP contribution in [0.2, 0.25) is 0 Å². The number of ether oxygens (including phenoxy) is 1. The first-order chi connectivity index (χ1) is 8.42. The average molecular weight is 249 g/mol. The summed E-state index contributed by atoms with van der Waals surface area (Å²) in [6.45, 7) is 9.06. The summed E-state index contributed by atoms with van der Waals surface area (Å²) in [7, 11) is 1.43. The van der Waals surface area contributed by atoms with Gasteiger partial charge in [0.1, 0.15) is 0 Å². The molecular formula is C15H23NO2. The van der Waals surface area contributed by atoms with E-state index in [4.69, 9.17) is 4.74 Å². The molecule has 3 heteroatoms. The zero-order valence-electron chi connectivity index (χ0n) is 12.0. The molecule has 1 aromatic rings. The van der Waals surface area contributed by atoms with Crippen LogP contribution in [0.25, 0.3) is 0 Å². The number of esters is 1. The molecule has 0 aliphatic heterocycles. The molecule has 0 aromatic heterocycles. The van der Waals surface area contributed by atoms with Crippen molar-refractivity contribution in [3.63, 3.8) is 0 Å². The van der Waals surface area contributed by atoms with Crippen LogP contribution < -0.4 is 5.32 Å². The maximum absolute atomic E-state index is 11.6. The Bertz CT molecular complexity index is 429. The van der Waals surface area contributed by atoms with Crippen molar-refractivity contribution in [2.45, 2.75) is 39.7 Å². The Morgan fingerprint density at radius 1 is 1.33 bits per heavy atom. The molecule has 0 amide bonds. The first-order valence-corrected chi connectivity index (χ1v) is 6.32. The van der Waals surface area contributed by atoms with Gasteiger partial charge in [0.15, 0.2) is 0 Å². The van der Waals surface area contributed by atoms with Crippen LogP contribution in [0.3, 0.4) is 0 Å². The van der Waals surface area contributed by atoms with Crippen LogP contribution in [0.5, 0.6) is 0 Å². The second-order valence-corrected chi connectivity index (χ2v) is 4.91. The first-order valence-electron chi connectivity index (χ1n) is 6.32. The zero-order valence-corrected chi connectivity index (χ0v) is 12.0. The third-order valence-corrected chi connectivity index (χ3v) is 3.44. The number of methoxy groups -OCH3 is 1. The fourth-order valence-corrected chi connectivity index (χ4v) is 2.10. The van der Waals surface area contributed by atoms with Gasteiger partial charge in [-0.2, -0.15) is 0 Å². The van der Waals surface area contributed by atoms with Crippen LogP contribution in [0.15, 0.2) is 18.2 Å². The number of nitrogens with one attached hydrogen (secondary N) is 1. The number of benzene rings is 1. The van der Waals surface area contributed by atoms with E-state index in [9.17, 15) is 4.79 Å². The van der Waals surface area contributed by atoms with Gasteiger partial charge in [0, 0.05) is 0 Å². The number of aryl methyl sites for hydroxylation is 2. The van der Waals surface area contributed by atoms with E-state index in [0.29, 0.717) is 6.42 Å². The molecule has 0 aliphatic rings. The van der Waals surface area contributed by atoms with Gasteiger partial charge in [-0.25, -0.2) is 0 Å². The largest absolute Gasteiger partial charge is 0.469 e. The summed E-state index contributed by atoms with van der Waals surface area (Å²) < 4.78 is 4.79. The topological polar surface area (TPSA) is 38.3 Å². The summed E-state index contributed by atoms with van der Waals surface area (Å²) in [5.74, 6) is -0.198. The molecule has 1 unspecified atom stereocenters. The summed E-state index contributed by atoms with van der Waals surface area (Å²) in [6, 6.07) is 6.31. The van der Waals surface area contributed by atoms with Gasteiger partial charge in [-0.3, -0.25) is 4.79 Å². The van der Waals surface area contributed by atoms with E-state index in [1.807, 2.05) is 13.8 Å². The smallest absolute Gasteiger partial charge is 0.307 e. The lowest BCUT2D eigenvalue weighted by Gasteiger charge is -2.30. The fraction of sp³-hybridized carbons (Fsp3) is 0.533. The predicted octanol–water partition coefficient (Wildman–Crippen LogP) is 2.69. The minimum Gasteiger partial charge on any atom is -0.469 e. The van der Waals surface area contributed by atoms with Crippen molar-refractivity contribution in [3.8, 4) is 0 Å². The second-order valence-electron chi connectivity index (χ2n) is 4.91. The van der Waals surface area contributed by atoms with Crippen LogP contribution >= 0.6 is 0 Å². The minimum atomic E-state index is -0.375. The summed E-state index contributed by atoms with van der Waals surface area (Å²) in [5.41, 5.74) is 3.25. The molecule has 0 bridgehead atoms. The monoisotopic (exact) mass is 249 g/mol. The van der Waals surface area contributed by atoms with Gasteiger partial charge < -0.3 is 10.1 Å². The van der Waals surface area contributed by atoms with Crippen molar-refractivity contribution < 1.29 is 9.53 Å². The number of rotatable bonds is 5. The molecule has 18 heavy (non-hydrogen) atoms. The summed E-state index contributed by atoms with van der Waals surface area (Å²) >= 11 is 0. The highest BCUT2D eigenvalue weighted by Crippen LogP contribution is 2.26. The molecule has 0 fully saturated rings. The van der Waals surface area contributed by atoms with Crippen molar-refractivity contribution in [3.05, 3.63) is 34.9 Å². The Kier molecular flexibility index (Phi) is 4.91. The summed E-state index contributed by atoms with van der Waals surface area (Å²) in [4.78, 5) is 11.6. The van der Waals surface area contributed by atoms with Crippen LogP contribution in [0.4, 0.5) is 0 Å². The van der Waals surface area contributed by atoms with Gasteiger partial charge >= 0.3 is 5.97 Å². The van der Waals surface area contributed by atoms with Crippen LogP contribution in [0, 0.1) is 13.8 Å². The van der Waals surface area contributed by atoms with Crippen LogP contribution in [-0.4, -0.2) is 19.6 Å². The van der Waals surface area contributed by atoms with E-state index in [1.165, 1.54) is 18.2 Å². The highest BCUT2D eigenvalue weighted by molar-refractivity contribution is 5.71. The van der Waals surface area contributed by atoms with Crippen LogP contribution in [-0.2, 0) is 15.1 Å². The lowest BCUT2D eigenvalue weighted by molar-refractivity contribution is -0.142. The quantitative estimate of drug-likeness (QED) is 0.815. The Hall–Kier alpha value is -1.35. The van der Waals surface area contributed by atoms with Crippen molar-refractivity contribution in [1.29, 1.82) is 0 Å². The normalized spacial score (nSPS) is 14.1. The van der Waals surface area contributed by atoms with Crippen molar-refractivity contribution in [2.75, 3.05) is 13.7 Å². The molecule has 0 aliphatic carbocycles. The zero-order chi connectivity index (χ0) is 13.8. The predicted molar refractivity (Wildman–Crippen MR) is 73.6 cm³/mol. The second kappa shape index (κ2) is 6.01. The summed E-state index contributed by atoms with van der Waals surface area (Å²) in [5, 5.41) is 3.39. The number of hydrogen-bond donors (Lipinski definition) is 1. The number of carbonyl (C=O) groups excluding carboxylic acids is 1. The maximum Gasteiger partial charge on any atom is 0.307 e. The highest BCUT2D eigenvalue weighted by atomic mass is 16.5. The molecule has 0 heterocycles. The van der Waals surface area contributed by atoms with E-state index in [2.05, 4.69) is 37.4 Å². The maximum atomic E-state index is 11.6. The molecule has 1 N–H and O–H groups in total. The average Bonchev–Trinajstić information content (AvgIpc) is 2.32. The van der Waals surface area contributed by atoms with Gasteiger partial charge in [0.25, 0.3) is 0 Å². The molecule has 1 aromatic carbocycles. The lowest BCUT2D eigenvalue weighted by atomic mass is 9.86. The fourth-order valence-electron chi connectivity index (χ4n) is 2.10. The summed E-state index contributed by atoms with van der Waals surface area (Å²) in [6.07, 6.45) is 0.333. The third-order valence-electron chi connectivity index (χ3n) is 3.44. The van der Waals surface area contributed by atoms with E-state index < -0.39 is 0 Å². The van der Waals surface area contributed by atoms with Gasteiger partial charge in [0.05, 0.1) is 19.1 Å². The molecule has 1 atom stereocenters. The SMILES string of the molecule is CCNC(C)(CC(=O)OC)c1ccc(C)c(C)c1. The first kappa shape index (κ1) is 14.7. The molecule has 0 radical (unpaired) electrons. The molecule has 100 valence electrons. The Balaban J connectivity index is 3.09. The van der Waals surface area contributed by atoms with E-state index in [1.54, 1.807) is 0 Å². The number of hydrogen-bond acceptors (Lipinski definition) is 3. The Morgan fingerprint density at radius 3 is 2.50 bits per heavy atom. The van der Waals surface area contributed by atoms with Crippen molar-refractivity contribution in [2.24, 2.45) is 0 Å². The lowest BCUT2D eigenvalue weighted by Crippen LogP contribution is -2.41. The molecule has 0 saturated heterocycles. The molecule has 3 nitrogen and oxygen atoms in total. The standard InChI is InChI=1S/C15H23NO2/c1-6-16-15(4,10-14(17)18-5)13-8-7-11(2)12(3)9-13/h7-9,16H,6,10H2,1-5H3. The molecule has 0 spiro atoms. The van der Waals surface area contributed by atoms with Crippen molar-refractivity contribution in [1.82, 2.24) is 5.32 Å². The Morgan fingerprint density at radius 2 is 2.00 bits per heavy atom.